The number of thioether (sulfide) groups is 1. The maximum absolute atomic E-state index is 5.36. The van der Waals surface area contributed by atoms with E-state index in [9.17, 15) is 0 Å². The zero-order chi connectivity index (χ0) is 10.2. The number of nitrogens with one attached hydrogen (secondary N) is 1. The Morgan fingerprint density at radius 1 is 1.36 bits per heavy atom. The molecule has 0 aromatic rings. The number of nitrogens with zero attached hydrogens (tertiary/aromatic N) is 1. The third-order valence-corrected chi connectivity index (χ3v) is 5.79. The second-order valence-electron chi connectivity index (χ2n) is 2.90. The predicted octanol–water partition coefficient (Wildman–Crippen LogP) is 1.92. The molecule has 0 bridgehead atoms. The van der Waals surface area contributed by atoms with E-state index < -0.39 is 0 Å². The highest BCUT2D eigenvalue weighted by Gasteiger charge is 2.12. The van der Waals surface area contributed by atoms with Gasteiger partial charge in [-0.1, -0.05) is 23.0 Å². The summed E-state index contributed by atoms with van der Waals surface area (Å²) in [7, 11) is 3.63. The van der Waals surface area contributed by atoms with E-state index in [-0.39, 0.29) is 0 Å². The standard InChI is InChI=1S/C8H16N2S4/c1-12-6-7-13-14-8(11)10-4-2-9-3-5-10/h9H,2-7H2,1H3. The smallest absolute Gasteiger partial charge is 0.147 e. The van der Waals surface area contributed by atoms with Crippen molar-refractivity contribution >= 4 is 49.9 Å². The van der Waals surface area contributed by atoms with Crippen LogP contribution in [-0.2, 0) is 0 Å². The lowest BCUT2D eigenvalue weighted by atomic mass is 10.4. The Hall–Kier alpha value is 0.900. The van der Waals surface area contributed by atoms with Gasteiger partial charge in [-0.15, -0.1) is 0 Å². The molecule has 1 aliphatic rings. The fraction of sp³-hybridized carbons (Fsp3) is 0.875. The molecule has 1 rings (SSSR count). The number of thiocarbonyl (C=S) groups is 1. The summed E-state index contributed by atoms with van der Waals surface area (Å²) in [6, 6.07) is 0. The van der Waals surface area contributed by atoms with Gasteiger partial charge in [0.2, 0.25) is 0 Å². The molecular weight excluding hydrogens is 252 g/mol. The molecule has 0 radical (unpaired) electrons. The first kappa shape index (κ1) is 13.0. The molecular formula is C8H16N2S4. The molecule has 0 aromatic heterocycles. The van der Waals surface area contributed by atoms with Crippen LogP contribution in [0.4, 0.5) is 0 Å². The highest BCUT2D eigenvalue weighted by atomic mass is 33.1. The maximum Gasteiger partial charge on any atom is 0.147 e. The van der Waals surface area contributed by atoms with Crippen molar-refractivity contribution in [2.75, 3.05) is 43.9 Å². The van der Waals surface area contributed by atoms with Crippen molar-refractivity contribution in [1.82, 2.24) is 10.2 Å². The SMILES string of the molecule is CSCCSSC(=S)N1CCNCC1. The minimum absolute atomic E-state index is 1.05. The minimum Gasteiger partial charge on any atom is -0.354 e. The van der Waals surface area contributed by atoms with Gasteiger partial charge >= 0.3 is 0 Å². The van der Waals surface area contributed by atoms with E-state index in [0.29, 0.717) is 0 Å². The van der Waals surface area contributed by atoms with Crippen molar-refractivity contribution in [3.8, 4) is 0 Å². The van der Waals surface area contributed by atoms with Gasteiger partial charge < -0.3 is 10.2 Å². The van der Waals surface area contributed by atoms with Crippen molar-refractivity contribution in [3.63, 3.8) is 0 Å². The molecule has 6 heteroatoms. The Labute approximate surface area is 104 Å². The van der Waals surface area contributed by atoms with Crippen LogP contribution in [0.3, 0.4) is 0 Å². The number of rotatable bonds is 4. The molecule has 1 N–H and O–H groups in total. The molecule has 0 amide bonds. The third-order valence-electron chi connectivity index (χ3n) is 1.88. The Morgan fingerprint density at radius 2 is 2.07 bits per heavy atom. The first-order valence-electron chi connectivity index (χ1n) is 4.62. The van der Waals surface area contributed by atoms with Gasteiger partial charge in [-0.3, -0.25) is 0 Å². The Balaban J connectivity index is 2.07. The monoisotopic (exact) mass is 268 g/mol. The molecule has 0 aromatic carbocycles. The molecule has 1 heterocycles. The average molecular weight is 268 g/mol. The van der Waals surface area contributed by atoms with Gasteiger partial charge in [0, 0.05) is 37.7 Å². The summed E-state index contributed by atoms with van der Waals surface area (Å²) in [5.41, 5.74) is 0. The van der Waals surface area contributed by atoms with Crippen LogP contribution in [0.1, 0.15) is 0 Å². The third kappa shape index (κ3) is 5.11. The van der Waals surface area contributed by atoms with Gasteiger partial charge in [0.1, 0.15) is 4.32 Å². The van der Waals surface area contributed by atoms with Crippen molar-refractivity contribution in [3.05, 3.63) is 0 Å². The number of hydrogen-bond acceptors (Lipinski definition) is 5. The van der Waals surface area contributed by atoms with E-state index in [1.807, 2.05) is 22.6 Å². The molecule has 1 fully saturated rings. The Bertz CT molecular complexity index is 171. The van der Waals surface area contributed by atoms with Crippen LogP contribution in [-0.4, -0.2) is 53.2 Å². The fourth-order valence-electron chi connectivity index (χ4n) is 1.11. The van der Waals surface area contributed by atoms with Crippen molar-refractivity contribution in [2.45, 2.75) is 0 Å². The van der Waals surface area contributed by atoms with Crippen molar-refractivity contribution in [1.29, 1.82) is 0 Å². The quantitative estimate of drug-likeness (QED) is 0.473. The number of hydrogen-bond donors (Lipinski definition) is 1. The fourth-order valence-corrected chi connectivity index (χ4v) is 4.62. The second-order valence-corrected chi connectivity index (χ2v) is 6.94. The molecule has 0 atom stereocenters. The van der Waals surface area contributed by atoms with Crippen molar-refractivity contribution < 1.29 is 0 Å². The summed E-state index contributed by atoms with van der Waals surface area (Å²) in [5, 5.41) is 3.33. The van der Waals surface area contributed by atoms with Crippen LogP contribution in [0, 0.1) is 0 Å². The van der Waals surface area contributed by atoms with E-state index in [2.05, 4.69) is 16.5 Å². The van der Waals surface area contributed by atoms with Crippen molar-refractivity contribution in [2.24, 2.45) is 0 Å². The summed E-state index contributed by atoms with van der Waals surface area (Å²) in [6.07, 6.45) is 2.14. The molecule has 1 aliphatic heterocycles. The van der Waals surface area contributed by atoms with E-state index in [1.54, 1.807) is 10.8 Å². The lowest BCUT2D eigenvalue weighted by molar-refractivity contribution is 0.368. The molecule has 0 saturated carbocycles. The first-order chi connectivity index (χ1) is 6.84. The van der Waals surface area contributed by atoms with Crippen LogP contribution in [0.25, 0.3) is 0 Å². The van der Waals surface area contributed by atoms with Crippen LogP contribution >= 0.6 is 45.6 Å². The van der Waals surface area contributed by atoms with Crippen LogP contribution in [0.2, 0.25) is 0 Å². The van der Waals surface area contributed by atoms with Gasteiger partial charge in [-0.05, 0) is 17.0 Å². The molecule has 0 unspecified atom stereocenters. The molecule has 14 heavy (non-hydrogen) atoms. The van der Waals surface area contributed by atoms with E-state index in [4.69, 9.17) is 12.2 Å². The van der Waals surface area contributed by atoms with Crippen LogP contribution < -0.4 is 5.32 Å². The van der Waals surface area contributed by atoms with E-state index in [1.165, 1.54) is 11.5 Å². The highest BCUT2D eigenvalue weighted by Crippen LogP contribution is 2.25. The highest BCUT2D eigenvalue weighted by molar-refractivity contribution is 8.83. The molecule has 0 spiro atoms. The summed E-state index contributed by atoms with van der Waals surface area (Å²) in [5.74, 6) is 2.39. The zero-order valence-corrected chi connectivity index (χ0v) is 11.6. The largest absolute Gasteiger partial charge is 0.354 e. The van der Waals surface area contributed by atoms with Crippen LogP contribution in [0.15, 0.2) is 0 Å². The summed E-state index contributed by atoms with van der Waals surface area (Å²) >= 11 is 7.24. The van der Waals surface area contributed by atoms with Gasteiger partial charge in [0.05, 0.1) is 0 Å². The predicted molar refractivity (Wildman–Crippen MR) is 75.5 cm³/mol. The first-order valence-corrected chi connectivity index (χ1v) is 8.74. The second kappa shape index (κ2) is 8.10. The van der Waals surface area contributed by atoms with Crippen LogP contribution in [0.5, 0.6) is 0 Å². The lowest BCUT2D eigenvalue weighted by Crippen LogP contribution is -2.44. The van der Waals surface area contributed by atoms with Gasteiger partial charge in [0.15, 0.2) is 0 Å². The van der Waals surface area contributed by atoms with Gasteiger partial charge in [0.25, 0.3) is 0 Å². The summed E-state index contributed by atoms with van der Waals surface area (Å²) < 4.78 is 1.05. The summed E-state index contributed by atoms with van der Waals surface area (Å²) in [4.78, 5) is 2.29. The van der Waals surface area contributed by atoms with Gasteiger partial charge in [-0.2, -0.15) is 11.8 Å². The molecule has 82 valence electrons. The number of piperazine rings is 1. The molecule has 1 saturated heterocycles. The lowest BCUT2D eigenvalue weighted by Gasteiger charge is -2.28. The molecule has 2 nitrogen and oxygen atoms in total. The molecule has 0 aliphatic carbocycles. The zero-order valence-electron chi connectivity index (χ0n) is 8.32. The average Bonchev–Trinajstić information content (AvgIpc) is 2.25. The van der Waals surface area contributed by atoms with Gasteiger partial charge in [-0.25, -0.2) is 0 Å². The van der Waals surface area contributed by atoms with E-state index in [0.717, 1.165) is 30.5 Å². The van der Waals surface area contributed by atoms with E-state index >= 15 is 0 Å². The Kier molecular flexibility index (Phi) is 7.50. The normalized spacial score (nSPS) is 17.1. The maximum atomic E-state index is 5.36. The Morgan fingerprint density at radius 3 is 2.71 bits per heavy atom. The topological polar surface area (TPSA) is 15.3 Å². The minimum atomic E-state index is 1.05. The summed E-state index contributed by atoms with van der Waals surface area (Å²) in [6.45, 7) is 4.26.